The molecule has 2 N–H and O–H groups in total. The molecule has 1 aliphatic carbocycles. The summed E-state index contributed by atoms with van der Waals surface area (Å²) >= 11 is 0. The molecule has 6 rings (SSSR count). The van der Waals surface area contributed by atoms with Gasteiger partial charge < -0.3 is 5.73 Å². The normalized spacial score (nSPS) is 12.2. The van der Waals surface area contributed by atoms with Crippen LogP contribution in [0.1, 0.15) is 0 Å². The Kier molecular flexibility index (Phi) is 2.29. The quantitative estimate of drug-likeness (QED) is 0.255. The third-order valence-corrected chi connectivity index (χ3v) is 5.48. The zero-order valence-electron chi connectivity index (χ0n) is 13.6. The van der Waals surface area contributed by atoms with Crippen molar-refractivity contribution in [2.24, 2.45) is 0 Å². The Morgan fingerprint density at radius 2 is 1.12 bits per heavy atom. The monoisotopic (exact) mass is 317 g/mol. The van der Waals surface area contributed by atoms with Crippen molar-refractivity contribution in [1.29, 1.82) is 0 Å². The minimum Gasteiger partial charge on any atom is -0.399 e. The first kappa shape index (κ1) is 13.0. The van der Waals surface area contributed by atoms with Crippen molar-refractivity contribution >= 4 is 38.0 Å². The molecule has 0 amide bonds. The minimum absolute atomic E-state index is 0.811. The fourth-order valence-electron chi connectivity index (χ4n) is 4.36. The summed E-state index contributed by atoms with van der Waals surface area (Å²) in [5.74, 6) is 0. The Balaban J connectivity index is 1.81. The van der Waals surface area contributed by atoms with Crippen LogP contribution in [0.5, 0.6) is 0 Å². The summed E-state index contributed by atoms with van der Waals surface area (Å²) in [5.41, 5.74) is 12.2. The Morgan fingerprint density at radius 3 is 1.92 bits per heavy atom. The second-order valence-corrected chi connectivity index (χ2v) is 6.87. The molecule has 25 heavy (non-hydrogen) atoms. The van der Waals surface area contributed by atoms with Gasteiger partial charge in [-0.05, 0) is 78.8 Å². The number of fused-ring (bicyclic) bond motifs is 6. The Bertz CT molecular complexity index is 1340. The summed E-state index contributed by atoms with van der Waals surface area (Å²) in [6, 6.07) is 28.4. The first-order chi connectivity index (χ1) is 12.3. The maximum atomic E-state index is 6.06. The fraction of sp³-hybridized carbons (Fsp3) is 0. The van der Waals surface area contributed by atoms with Gasteiger partial charge in [-0.2, -0.15) is 0 Å². The van der Waals surface area contributed by atoms with Gasteiger partial charge in [0.2, 0.25) is 0 Å². The summed E-state index contributed by atoms with van der Waals surface area (Å²) in [6.07, 6.45) is 0. The number of anilines is 1. The van der Waals surface area contributed by atoms with Crippen LogP contribution in [0.25, 0.3) is 54.6 Å². The maximum Gasteiger partial charge on any atom is 0.0320 e. The van der Waals surface area contributed by atoms with Crippen LogP contribution in [0.2, 0.25) is 0 Å². The van der Waals surface area contributed by atoms with Gasteiger partial charge in [0.25, 0.3) is 0 Å². The highest BCUT2D eigenvalue weighted by Crippen LogP contribution is 2.48. The predicted molar refractivity (Wildman–Crippen MR) is 108 cm³/mol. The Labute approximate surface area is 145 Å². The van der Waals surface area contributed by atoms with Crippen LogP contribution >= 0.6 is 0 Å². The lowest BCUT2D eigenvalue weighted by atomic mass is 9.95. The fourth-order valence-corrected chi connectivity index (χ4v) is 4.36. The molecule has 0 aromatic heterocycles. The van der Waals surface area contributed by atoms with Crippen LogP contribution in [0.3, 0.4) is 0 Å². The molecule has 0 atom stereocenters. The predicted octanol–water partition coefficient (Wildman–Crippen LogP) is 6.38. The van der Waals surface area contributed by atoms with E-state index in [1.54, 1.807) is 0 Å². The van der Waals surface area contributed by atoms with E-state index in [1.165, 1.54) is 54.6 Å². The maximum absolute atomic E-state index is 6.06. The zero-order valence-corrected chi connectivity index (χ0v) is 13.6. The molecular formula is C24H15N. The number of nitrogen functional groups attached to an aromatic ring is 1. The summed E-state index contributed by atoms with van der Waals surface area (Å²) < 4.78 is 0. The highest BCUT2D eigenvalue weighted by atomic mass is 14.5. The van der Waals surface area contributed by atoms with Crippen molar-refractivity contribution in [2.45, 2.75) is 0 Å². The Morgan fingerprint density at radius 1 is 0.480 bits per heavy atom. The molecule has 0 heterocycles. The highest BCUT2D eigenvalue weighted by molar-refractivity contribution is 6.19. The number of benzene rings is 5. The molecule has 0 fully saturated rings. The van der Waals surface area contributed by atoms with E-state index >= 15 is 0 Å². The van der Waals surface area contributed by atoms with Gasteiger partial charge >= 0.3 is 0 Å². The molecule has 1 aliphatic rings. The summed E-state index contributed by atoms with van der Waals surface area (Å²) in [4.78, 5) is 0. The van der Waals surface area contributed by atoms with Crippen LogP contribution < -0.4 is 5.73 Å². The molecule has 1 nitrogen and oxygen atoms in total. The number of nitrogens with two attached hydrogens (primary N) is 1. The van der Waals surface area contributed by atoms with Crippen LogP contribution in [-0.4, -0.2) is 0 Å². The number of rotatable bonds is 0. The Hall–Kier alpha value is -3.32. The smallest absolute Gasteiger partial charge is 0.0320 e. The lowest BCUT2D eigenvalue weighted by Crippen LogP contribution is -1.86. The van der Waals surface area contributed by atoms with E-state index in [9.17, 15) is 0 Å². The molecule has 0 unspecified atom stereocenters. The van der Waals surface area contributed by atoms with E-state index in [-0.39, 0.29) is 0 Å². The molecule has 1 heteroatoms. The van der Waals surface area contributed by atoms with Gasteiger partial charge in [0.1, 0.15) is 0 Å². The van der Waals surface area contributed by atoms with Crippen LogP contribution in [0.15, 0.2) is 78.9 Å². The average Bonchev–Trinajstić information content (AvgIpc) is 2.96. The minimum atomic E-state index is 0.811. The van der Waals surface area contributed by atoms with Crippen molar-refractivity contribution in [2.75, 3.05) is 5.73 Å². The zero-order chi connectivity index (χ0) is 16.5. The molecule has 0 bridgehead atoms. The number of hydrogen-bond donors (Lipinski definition) is 1. The largest absolute Gasteiger partial charge is 0.399 e. The molecule has 5 aromatic rings. The van der Waals surface area contributed by atoms with E-state index in [1.807, 2.05) is 6.07 Å². The molecule has 116 valence electrons. The van der Waals surface area contributed by atoms with Gasteiger partial charge in [-0.15, -0.1) is 0 Å². The lowest BCUT2D eigenvalue weighted by molar-refractivity contribution is 1.73. The third-order valence-electron chi connectivity index (χ3n) is 5.48. The van der Waals surface area contributed by atoms with Gasteiger partial charge in [0.15, 0.2) is 0 Å². The first-order valence-corrected chi connectivity index (χ1v) is 8.58. The van der Waals surface area contributed by atoms with Gasteiger partial charge in [0.05, 0.1) is 0 Å². The van der Waals surface area contributed by atoms with Gasteiger partial charge in [0, 0.05) is 5.69 Å². The molecule has 0 saturated heterocycles. The molecule has 0 radical (unpaired) electrons. The van der Waals surface area contributed by atoms with E-state index < -0.39 is 0 Å². The second kappa shape index (κ2) is 4.40. The van der Waals surface area contributed by atoms with Crippen molar-refractivity contribution in [3.63, 3.8) is 0 Å². The van der Waals surface area contributed by atoms with Gasteiger partial charge in [-0.1, -0.05) is 54.6 Å². The average molecular weight is 317 g/mol. The molecular weight excluding hydrogens is 302 g/mol. The first-order valence-electron chi connectivity index (χ1n) is 8.58. The van der Waals surface area contributed by atoms with Crippen molar-refractivity contribution in [1.82, 2.24) is 0 Å². The topological polar surface area (TPSA) is 26.0 Å². The van der Waals surface area contributed by atoms with Gasteiger partial charge in [-0.25, -0.2) is 0 Å². The summed E-state index contributed by atoms with van der Waals surface area (Å²) in [7, 11) is 0. The SMILES string of the molecule is Nc1ccc2ccc3cc4c(cc3c2c1)-c1cccc2cccc-4c12. The van der Waals surface area contributed by atoms with E-state index in [2.05, 4.69) is 72.8 Å². The van der Waals surface area contributed by atoms with Crippen molar-refractivity contribution in [3.05, 3.63) is 78.9 Å². The number of hydrogen-bond acceptors (Lipinski definition) is 1. The molecule has 0 saturated carbocycles. The van der Waals surface area contributed by atoms with Crippen LogP contribution in [0, 0.1) is 0 Å². The second-order valence-electron chi connectivity index (χ2n) is 6.87. The third kappa shape index (κ3) is 1.62. The molecule has 5 aromatic carbocycles. The van der Waals surface area contributed by atoms with Gasteiger partial charge in [-0.3, -0.25) is 0 Å². The van der Waals surface area contributed by atoms with E-state index in [4.69, 9.17) is 5.73 Å². The summed E-state index contributed by atoms with van der Waals surface area (Å²) in [5, 5.41) is 7.68. The molecule has 0 aliphatic heterocycles. The van der Waals surface area contributed by atoms with Crippen LogP contribution in [0.4, 0.5) is 5.69 Å². The van der Waals surface area contributed by atoms with Crippen molar-refractivity contribution in [3.8, 4) is 22.3 Å². The van der Waals surface area contributed by atoms with Crippen LogP contribution in [-0.2, 0) is 0 Å². The lowest BCUT2D eigenvalue weighted by Gasteiger charge is -2.09. The molecule has 0 spiro atoms. The van der Waals surface area contributed by atoms with E-state index in [0.717, 1.165) is 5.69 Å². The van der Waals surface area contributed by atoms with Crippen molar-refractivity contribution < 1.29 is 0 Å². The standard InChI is InChI=1S/C24H15N/c25-17-10-9-14-7-8-16-11-22-18-5-1-3-15-4-2-6-19(24(15)18)23(22)13-21(16)20(14)12-17/h1-13H,25H2. The highest BCUT2D eigenvalue weighted by Gasteiger charge is 2.21. The van der Waals surface area contributed by atoms with E-state index in [0.29, 0.717) is 0 Å². The summed E-state index contributed by atoms with van der Waals surface area (Å²) in [6.45, 7) is 0.